The highest BCUT2D eigenvalue weighted by molar-refractivity contribution is 5.71. The van der Waals surface area contributed by atoms with Gasteiger partial charge in [0, 0.05) is 19.3 Å². The van der Waals surface area contributed by atoms with Gasteiger partial charge >= 0.3 is 17.9 Å². The molecule has 0 spiro atoms. The number of carbonyl (C=O) groups is 3. The van der Waals surface area contributed by atoms with Gasteiger partial charge in [-0.25, -0.2) is 0 Å². The first-order valence-electron chi connectivity index (χ1n) is 30.8. The van der Waals surface area contributed by atoms with Gasteiger partial charge in [0.15, 0.2) is 6.10 Å². The third-order valence-corrected chi connectivity index (χ3v) is 14.6. The van der Waals surface area contributed by atoms with E-state index >= 15 is 0 Å². The minimum Gasteiger partial charge on any atom is -0.462 e. The molecule has 404 valence electrons. The summed E-state index contributed by atoms with van der Waals surface area (Å²) in [4.78, 5) is 38.2. The molecule has 6 nitrogen and oxygen atoms in total. The van der Waals surface area contributed by atoms with Crippen molar-refractivity contribution in [1.82, 2.24) is 0 Å². The Morgan fingerprint density at radius 3 is 0.838 bits per heavy atom. The van der Waals surface area contributed by atoms with Crippen LogP contribution in [0.4, 0.5) is 0 Å². The fourth-order valence-corrected chi connectivity index (χ4v) is 9.55. The monoisotopic (exact) mass is 961 g/mol. The average molecular weight is 962 g/mol. The minimum atomic E-state index is -0.763. The van der Waals surface area contributed by atoms with Gasteiger partial charge in [0.05, 0.1) is 0 Å². The maximum atomic E-state index is 12.9. The van der Waals surface area contributed by atoms with E-state index in [-0.39, 0.29) is 31.1 Å². The lowest BCUT2D eigenvalue weighted by Gasteiger charge is -2.18. The smallest absolute Gasteiger partial charge is 0.306 e. The van der Waals surface area contributed by atoms with Crippen LogP contribution in [0.3, 0.4) is 0 Å². The third kappa shape index (κ3) is 53.8. The van der Waals surface area contributed by atoms with Crippen molar-refractivity contribution in [3.05, 3.63) is 0 Å². The topological polar surface area (TPSA) is 78.9 Å². The highest BCUT2D eigenvalue weighted by atomic mass is 16.6. The molecule has 0 saturated carbocycles. The molecule has 1 unspecified atom stereocenters. The number of carbonyl (C=O) groups excluding carboxylic acids is 3. The molecule has 0 amide bonds. The summed E-state index contributed by atoms with van der Waals surface area (Å²) in [5, 5.41) is 0. The number of hydrogen-bond acceptors (Lipinski definition) is 6. The fourth-order valence-electron chi connectivity index (χ4n) is 9.55. The maximum Gasteiger partial charge on any atom is 0.306 e. The summed E-state index contributed by atoms with van der Waals surface area (Å²) in [6.45, 7) is 11.5. The predicted octanol–water partition coefficient (Wildman–Crippen LogP) is 20.4. The van der Waals surface area contributed by atoms with E-state index in [4.69, 9.17) is 14.2 Å². The van der Waals surface area contributed by atoms with Crippen molar-refractivity contribution in [2.45, 2.75) is 355 Å². The minimum absolute atomic E-state index is 0.0622. The summed E-state index contributed by atoms with van der Waals surface area (Å²) in [6.07, 6.45) is 59.5. The highest BCUT2D eigenvalue weighted by Crippen LogP contribution is 2.19. The molecule has 0 fully saturated rings. The van der Waals surface area contributed by atoms with Crippen molar-refractivity contribution in [2.24, 2.45) is 11.8 Å². The van der Waals surface area contributed by atoms with Gasteiger partial charge in [-0.2, -0.15) is 0 Å². The van der Waals surface area contributed by atoms with Crippen LogP contribution in [0.1, 0.15) is 349 Å². The molecule has 6 heteroatoms. The van der Waals surface area contributed by atoms with E-state index in [1.165, 1.54) is 238 Å². The number of ether oxygens (including phenoxy) is 3. The van der Waals surface area contributed by atoms with E-state index in [0.717, 1.165) is 69.6 Å². The number of esters is 3. The number of hydrogen-bond donors (Lipinski definition) is 0. The van der Waals surface area contributed by atoms with Crippen molar-refractivity contribution >= 4 is 17.9 Å². The van der Waals surface area contributed by atoms with Gasteiger partial charge in [-0.05, 0) is 31.1 Å². The first-order valence-corrected chi connectivity index (χ1v) is 30.8. The van der Waals surface area contributed by atoms with Crippen LogP contribution in [0.25, 0.3) is 0 Å². The highest BCUT2D eigenvalue weighted by Gasteiger charge is 2.19. The number of rotatable bonds is 56. The van der Waals surface area contributed by atoms with Gasteiger partial charge in [-0.1, -0.05) is 311 Å². The van der Waals surface area contributed by atoms with Gasteiger partial charge in [0.1, 0.15) is 13.2 Å². The Balaban J connectivity index is 4.23. The van der Waals surface area contributed by atoms with Gasteiger partial charge in [0.25, 0.3) is 0 Å². The van der Waals surface area contributed by atoms with E-state index in [0.29, 0.717) is 19.3 Å². The largest absolute Gasteiger partial charge is 0.462 e. The normalized spacial score (nSPS) is 12.4. The molecule has 0 N–H and O–H groups in total. The molecule has 0 heterocycles. The van der Waals surface area contributed by atoms with E-state index in [9.17, 15) is 14.4 Å². The summed E-state index contributed by atoms with van der Waals surface area (Å²) < 4.78 is 16.9. The van der Waals surface area contributed by atoms with Crippen molar-refractivity contribution in [3.8, 4) is 0 Å². The lowest BCUT2D eigenvalue weighted by atomic mass is 9.99. The zero-order chi connectivity index (χ0) is 49.6. The molecule has 68 heavy (non-hydrogen) atoms. The van der Waals surface area contributed by atoms with Crippen LogP contribution in [-0.4, -0.2) is 37.2 Å². The van der Waals surface area contributed by atoms with Crippen molar-refractivity contribution < 1.29 is 28.6 Å². The summed E-state index contributed by atoms with van der Waals surface area (Å²) >= 11 is 0. The van der Waals surface area contributed by atoms with Crippen LogP contribution >= 0.6 is 0 Å². The Hall–Kier alpha value is -1.59. The first-order chi connectivity index (χ1) is 33.3. The second kappa shape index (κ2) is 54.7. The summed E-state index contributed by atoms with van der Waals surface area (Å²) in [5.41, 5.74) is 0. The van der Waals surface area contributed by atoms with Crippen LogP contribution in [0.5, 0.6) is 0 Å². The molecule has 2 atom stereocenters. The zero-order valence-corrected chi connectivity index (χ0v) is 46.7. The summed E-state index contributed by atoms with van der Waals surface area (Å²) in [6, 6.07) is 0. The summed E-state index contributed by atoms with van der Waals surface area (Å²) in [5.74, 6) is 0.907. The molecule has 0 rings (SSSR count). The van der Waals surface area contributed by atoms with Crippen molar-refractivity contribution in [2.75, 3.05) is 13.2 Å². The Labute approximate surface area is 425 Å². The van der Waals surface area contributed by atoms with E-state index in [1.54, 1.807) is 0 Å². The summed E-state index contributed by atoms with van der Waals surface area (Å²) in [7, 11) is 0. The van der Waals surface area contributed by atoms with Crippen LogP contribution in [-0.2, 0) is 28.6 Å². The molecule has 0 aromatic heterocycles. The molecule has 0 radical (unpaired) electrons. The third-order valence-electron chi connectivity index (χ3n) is 14.6. The quantitative estimate of drug-likeness (QED) is 0.0343. The van der Waals surface area contributed by atoms with Crippen molar-refractivity contribution in [3.63, 3.8) is 0 Å². The lowest BCUT2D eigenvalue weighted by Crippen LogP contribution is -2.30. The fraction of sp³-hybridized carbons (Fsp3) is 0.952. The number of unbranched alkanes of at least 4 members (excludes halogenated alkanes) is 40. The standard InChI is InChI=1S/C62H120O6/c1-6-8-9-10-11-12-13-20-27-32-37-42-47-52-60(63)66-55-59(68-62(65)54-49-44-39-34-29-24-23-25-30-35-40-45-50-57(3)4)56-67-61(64)53-48-43-38-33-28-22-19-17-15-14-16-18-21-26-31-36-41-46-51-58(5)7-2/h57-59H,6-56H2,1-5H3/t58?,59-/m0/s1. The van der Waals surface area contributed by atoms with E-state index in [2.05, 4.69) is 34.6 Å². The molecule has 0 aliphatic rings. The second-order valence-corrected chi connectivity index (χ2v) is 22.1. The van der Waals surface area contributed by atoms with Gasteiger partial charge in [0.2, 0.25) is 0 Å². The van der Waals surface area contributed by atoms with Gasteiger partial charge in [-0.3, -0.25) is 14.4 Å². The second-order valence-electron chi connectivity index (χ2n) is 22.1. The Bertz CT molecular complexity index is 1040. The van der Waals surface area contributed by atoms with Crippen LogP contribution in [0.2, 0.25) is 0 Å². The van der Waals surface area contributed by atoms with Crippen molar-refractivity contribution in [1.29, 1.82) is 0 Å². The van der Waals surface area contributed by atoms with Crippen LogP contribution in [0.15, 0.2) is 0 Å². The molecule has 0 aliphatic heterocycles. The molecule has 0 saturated heterocycles. The van der Waals surface area contributed by atoms with Crippen LogP contribution < -0.4 is 0 Å². The first kappa shape index (κ1) is 66.4. The molecule has 0 bridgehead atoms. The molecule has 0 aliphatic carbocycles. The molecule has 0 aromatic carbocycles. The maximum absolute atomic E-state index is 12.9. The zero-order valence-electron chi connectivity index (χ0n) is 46.7. The van der Waals surface area contributed by atoms with Gasteiger partial charge < -0.3 is 14.2 Å². The SMILES string of the molecule is CCCCCCCCCCCCCCCC(=O)OC[C@@H](COC(=O)CCCCCCCCCCCCCCCCCCCCC(C)CC)OC(=O)CCCCCCCCCCCCCCC(C)C. The Kier molecular flexibility index (Phi) is 53.5. The molecular weight excluding hydrogens is 841 g/mol. The van der Waals surface area contributed by atoms with E-state index in [1.807, 2.05) is 0 Å². The van der Waals surface area contributed by atoms with E-state index < -0.39 is 6.10 Å². The Morgan fingerprint density at radius 2 is 0.559 bits per heavy atom. The average Bonchev–Trinajstić information content (AvgIpc) is 3.32. The van der Waals surface area contributed by atoms with Crippen LogP contribution in [0, 0.1) is 11.8 Å². The molecule has 0 aromatic rings. The Morgan fingerprint density at radius 1 is 0.309 bits per heavy atom. The predicted molar refractivity (Wildman–Crippen MR) is 293 cm³/mol. The van der Waals surface area contributed by atoms with Gasteiger partial charge in [-0.15, -0.1) is 0 Å². The molecular formula is C62H120O6. The lowest BCUT2D eigenvalue weighted by molar-refractivity contribution is -0.167.